The van der Waals surface area contributed by atoms with Crippen LogP contribution >= 0.6 is 12.2 Å². The first-order valence-electron chi connectivity index (χ1n) is 5.38. The molecule has 0 radical (unpaired) electrons. The molecule has 7 heteroatoms. The number of thiocarbonyl (C=S) groups is 1. The van der Waals surface area contributed by atoms with Gasteiger partial charge >= 0.3 is 0 Å². The molecule has 100 valence electrons. The lowest BCUT2D eigenvalue weighted by atomic mass is 10.3. The third kappa shape index (κ3) is 4.59. The van der Waals surface area contributed by atoms with Gasteiger partial charge in [-0.3, -0.25) is 0 Å². The molecule has 0 saturated heterocycles. The monoisotopic (exact) mass is 288 g/mol. The SMILES string of the molecule is COc1ccc(S(=O)(=O)NCCCC(N)=S)cc1. The van der Waals surface area contributed by atoms with Crippen molar-refractivity contribution in [2.24, 2.45) is 5.73 Å². The van der Waals surface area contributed by atoms with E-state index < -0.39 is 10.0 Å². The number of hydrogen-bond donors (Lipinski definition) is 2. The molecule has 0 fully saturated rings. The average molecular weight is 288 g/mol. The van der Waals surface area contributed by atoms with Crippen molar-refractivity contribution < 1.29 is 13.2 Å². The van der Waals surface area contributed by atoms with Gasteiger partial charge in [0.05, 0.1) is 17.0 Å². The lowest BCUT2D eigenvalue weighted by Gasteiger charge is -2.07. The number of methoxy groups -OCH3 is 1. The Morgan fingerprint density at radius 3 is 2.50 bits per heavy atom. The predicted octanol–water partition coefficient (Wildman–Crippen LogP) is 1.04. The number of ether oxygens (including phenoxy) is 1. The number of rotatable bonds is 7. The first-order valence-corrected chi connectivity index (χ1v) is 7.27. The van der Waals surface area contributed by atoms with Crippen LogP contribution in [0, 0.1) is 0 Å². The topological polar surface area (TPSA) is 81.4 Å². The molecule has 5 nitrogen and oxygen atoms in total. The maximum Gasteiger partial charge on any atom is 0.240 e. The van der Waals surface area contributed by atoms with Crippen LogP contribution in [0.15, 0.2) is 29.2 Å². The normalized spacial score (nSPS) is 11.2. The summed E-state index contributed by atoms with van der Waals surface area (Å²) in [5.41, 5.74) is 5.33. The number of nitrogens with one attached hydrogen (secondary N) is 1. The standard InChI is InChI=1S/C11H16N2O3S2/c1-16-9-4-6-10(7-5-9)18(14,15)13-8-2-3-11(12)17/h4-7,13H,2-3,8H2,1H3,(H2,12,17). The quantitative estimate of drug-likeness (QED) is 0.579. The van der Waals surface area contributed by atoms with E-state index in [1.54, 1.807) is 12.1 Å². The Balaban J connectivity index is 2.59. The van der Waals surface area contributed by atoms with Crippen LogP contribution in [0.5, 0.6) is 5.75 Å². The molecule has 1 aromatic carbocycles. The first kappa shape index (κ1) is 14.9. The summed E-state index contributed by atoms with van der Waals surface area (Å²) in [6.45, 7) is 0.311. The van der Waals surface area contributed by atoms with Gasteiger partial charge in [-0.15, -0.1) is 0 Å². The van der Waals surface area contributed by atoms with E-state index in [9.17, 15) is 8.42 Å². The van der Waals surface area contributed by atoms with E-state index in [1.165, 1.54) is 19.2 Å². The predicted molar refractivity (Wildman–Crippen MR) is 74.2 cm³/mol. The molecule has 0 heterocycles. The minimum Gasteiger partial charge on any atom is -0.497 e. The molecule has 0 aliphatic heterocycles. The van der Waals surface area contributed by atoms with Crippen molar-refractivity contribution in [3.05, 3.63) is 24.3 Å². The van der Waals surface area contributed by atoms with E-state index in [-0.39, 0.29) is 4.90 Å². The fourth-order valence-corrected chi connectivity index (χ4v) is 2.53. The largest absolute Gasteiger partial charge is 0.497 e. The van der Waals surface area contributed by atoms with Gasteiger partial charge in [-0.2, -0.15) is 0 Å². The van der Waals surface area contributed by atoms with Gasteiger partial charge in [0.15, 0.2) is 0 Å². The molecule has 0 spiro atoms. The fraction of sp³-hybridized carbons (Fsp3) is 0.364. The summed E-state index contributed by atoms with van der Waals surface area (Å²) in [7, 11) is -1.95. The van der Waals surface area contributed by atoms with Crippen LogP contribution in [0.4, 0.5) is 0 Å². The lowest BCUT2D eigenvalue weighted by molar-refractivity contribution is 0.414. The zero-order valence-electron chi connectivity index (χ0n) is 10.0. The molecule has 3 N–H and O–H groups in total. The molecule has 1 rings (SSSR count). The van der Waals surface area contributed by atoms with Crippen LogP contribution in [0.3, 0.4) is 0 Å². The third-order valence-electron chi connectivity index (χ3n) is 2.26. The van der Waals surface area contributed by atoms with Gasteiger partial charge in [-0.25, -0.2) is 13.1 Å². The Kier molecular flexibility index (Phi) is 5.52. The maximum atomic E-state index is 11.9. The van der Waals surface area contributed by atoms with Gasteiger partial charge in [0, 0.05) is 6.54 Å². The summed E-state index contributed by atoms with van der Waals surface area (Å²) in [6, 6.07) is 6.19. The molecule has 18 heavy (non-hydrogen) atoms. The Hall–Kier alpha value is -1.18. The Labute approximate surface area is 112 Å². The summed E-state index contributed by atoms with van der Waals surface area (Å²) >= 11 is 4.71. The van der Waals surface area contributed by atoms with Crippen LogP contribution < -0.4 is 15.2 Å². The molecule has 0 amide bonds. The summed E-state index contributed by atoms with van der Waals surface area (Å²) in [6.07, 6.45) is 1.12. The molecule has 0 aliphatic rings. The Morgan fingerprint density at radius 2 is 2.00 bits per heavy atom. The second kappa shape index (κ2) is 6.67. The maximum absolute atomic E-state index is 11.9. The summed E-state index contributed by atoms with van der Waals surface area (Å²) in [4.78, 5) is 0.595. The highest BCUT2D eigenvalue weighted by molar-refractivity contribution is 7.89. The van der Waals surface area contributed by atoms with Crippen molar-refractivity contribution in [1.29, 1.82) is 0 Å². The van der Waals surface area contributed by atoms with Gasteiger partial charge in [0.1, 0.15) is 5.75 Å². The molecule has 1 aromatic rings. The second-order valence-electron chi connectivity index (χ2n) is 3.64. The first-order chi connectivity index (χ1) is 8.45. The number of hydrogen-bond acceptors (Lipinski definition) is 4. The number of nitrogens with two attached hydrogens (primary N) is 1. The number of benzene rings is 1. The highest BCUT2D eigenvalue weighted by Crippen LogP contribution is 2.15. The van der Waals surface area contributed by atoms with Crippen molar-refractivity contribution in [2.75, 3.05) is 13.7 Å². The van der Waals surface area contributed by atoms with Crippen molar-refractivity contribution in [3.8, 4) is 5.75 Å². The Bertz CT molecular complexity index is 498. The minimum absolute atomic E-state index is 0.207. The summed E-state index contributed by atoms with van der Waals surface area (Å²) in [5.74, 6) is 0.613. The Morgan fingerprint density at radius 1 is 1.39 bits per heavy atom. The van der Waals surface area contributed by atoms with Crippen LogP contribution in [0.25, 0.3) is 0 Å². The average Bonchev–Trinajstić information content (AvgIpc) is 2.34. The van der Waals surface area contributed by atoms with E-state index >= 15 is 0 Å². The van der Waals surface area contributed by atoms with E-state index in [4.69, 9.17) is 22.7 Å². The van der Waals surface area contributed by atoms with E-state index in [0.717, 1.165) is 0 Å². The van der Waals surface area contributed by atoms with Gasteiger partial charge in [-0.1, -0.05) is 12.2 Å². The molecule has 0 aliphatic carbocycles. The van der Waals surface area contributed by atoms with Crippen molar-refractivity contribution in [1.82, 2.24) is 4.72 Å². The summed E-state index contributed by atoms with van der Waals surface area (Å²) in [5, 5.41) is 0. The minimum atomic E-state index is -3.47. The molecule has 0 atom stereocenters. The molecule has 0 aromatic heterocycles. The lowest BCUT2D eigenvalue weighted by Crippen LogP contribution is -2.25. The molecular formula is C11H16N2O3S2. The van der Waals surface area contributed by atoms with Crippen LogP contribution in [0.2, 0.25) is 0 Å². The van der Waals surface area contributed by atoms with Crippen molar-refractivity contribution in [3.63, 3.8) is 0 Å². The third-order valence-corrected chi connectivity index (χ3v) is 3.94. The van der Waals surface area contributed by atoms with Crippen LogP contribution in [0.1, 0.15) is 12.8 Å². The van der Waals surface area contributed by atoms with E-state index in [1.807, 2.05) is 0 Å². The van der Waals surface area contributed by atoms with Crippen molar-refractivity contribution in [2.45, 2.75) is 17.7 Å². The highest BCUT2D eigenvalue weighted by atomic mass is 32.2. The van der Waals surface area contributed by atoms with Crippen molar-refractivity contribution >= 4 is 27.2 Å². The van der Waals surface area contributed by atoms with Gasteiger partial charge in [0.2, 0.25) is 10.0 Å². The van der Waals surface area contributed by atoms with Crippen LogP contribution in [-0.2, 0) is 10.0 Å². The van der Waals surface area contributed by atoms with Gasteiger partial charge in [-0.05, 0) is 37.1 Å². The van der Waals surface area contributed by atoms with Gasteiger partial charge in [0.25, 0.3) is 0 Å². The highest BCUT2D eigenvalue weighted by Gasteiger charge is 2.12. The smallest absolute Gasteiger partial charge is 0.240 e. The molecular weight excluding hydrogens is 272 g/mol. The fourth-order valence-electron chi connectivity index (χ4n) is 1.31. The molecule has 0 unspecified atom stereocenters. The summed E-state index contributed by atoms with van der Waals surface area (Å²) < 4.78 is 31.2. The van der Waals surface area contributed by atoms with E-state index in [0.29, 0.717) is 30.1 Å². The van der Waals surface area contributed by atoms with Gasteiger partial charge < -0.3 is 10.5 Å². The second-order valence-corrected chi connectivity index (χ2v) is 5.93. The molecule has 0 saturated carbocycles. The molecule has 0 bridgehead atoms. The zero-order chi connectivity index (χ0) is 13.6. The van der Waals surface area contributed by atoms with Crippen LogP contribution in [-0.4, -0.2) is 27.1 Å². The zero-order valence-corrected chi connectivity index (χ0v) is 11.7. The van der Waals surface area contributed by atoms with E-state index in [2.05, 4.69) is 4.72 Å². The number of sulfonamides is 1.